The summed E-state index contributed by atoms with van der Waals surface area (Å²) in [4.78, 5) is 8.96. The Kier molecular flexibility index (Phi) is 8.61. The second-order valence-corrected chi connectivity index (χ2v) is 9.13. The number of aryl methyl sites for hydroxylation is 1. The fourth-order valence-corrected chi connectivity index (χ4v) is 4.66. The number of aromatic nitrogens is 2. The van der Waals surface area contributed by atoms with Gasteiger partial charge in [-0.1, -0.05) is 73.2 Å². The third-order valence-corrected chi connectivity index (χ3v) is 6.61. The Morgan fingerprint density at radius 2 is 1.45 bits per heavy atom. The molecule has 7 aromatic rings. The van der Waals surface area contributed by atoms with Crippen molar-refractivity contribution in [2.45, 2.75) is 13.3 Å². The van der Waals surface area contributed by atoms with E-state index in [2.05, 4.69) is 65.4 Å². The fourth-order valence-electron chi connectivity index (χ4n) is 4.66. The van der Waals surface area contributed by atoms with E-state index >= 15 is 0 Å². The van der Waals surface area contributed by atoms with E-state index in [0.717, 1.165) is 67.7 Å². The molecule has 1 radical (unpaired) electrons. The second kappa shape index (κ2) is 12.7. The van der Waals surface area contributed by atoms with Crippen molar-refractivity contribution in [2.75, 3.05) is 0 Å². The minimum Gasteiger partial charge on any atom is -0.455 e. The van der Waals surface area contributed by atoms with Gasteiger partial charge in [0.15, 0.2) is 0 Å². The van der Waals surface area contributed by atoms with Crippen molar-refractivity contribution in [1.82, 2.24) is 9.97 Å². The Labute approximate surface area is 247 Å². The number of hydrogen-bond acceptors (Lipinski definition) is 3. The van der Waals surface area contributed by atoms with Crippen LogP contribution in [-0.2, 0) is 26.5 Å². The molecule has 0 aliphatic heterocycles. The first-order valence-corrected chi connectivity index (χ1v) is 13.1. The van der Waals surface area contributed by atoms with Crippen molar-refractivity contribution in [3.63, 3.8) is 0 Å². The molecule has 0 spiro atoms. The summed E-state index contributed by atoms with van der Waals surface area (Å²) in [6.07, 6.45) is 2.77. The van der Waals surface area contributed by atoms with Gasteiger partial charge >= 0.3 is 0 Å². The van der Waals surface area contributed by atoms with Crippen molar-refractivity contribution in [1.29, 1.82) is 0 Å². The van der Waals surface area contributed by atoms with E-state index in [0.29, 0.717) is 0 Å². The monoisotopic (exact) mass is 695 g/mol. The number of furan rings is 1. The van der Waals surface area contributed by atoms with Gasteiger partial charge in [0.25, 0.3) is 0 Å². The molecule has 0 fully saturated rings. The van der Waals surface area contributed by atoms with E-state index in [9.17, 15) is 0 Å². The van der Waals surface area contributed by atoms with E-state index in [1.165, 1.54) is 0 Å². The topological polar surface area (TPSA) is 38.9 Å². The molecule has 0 amide bonds. The van der Waals surface area contributed by atoms with Crippen LogP contribution in [-0.4, -0.2) is 9.97 Å². The van der Waals surface area contributed by atoms with Crippen LogP contribution < -0.4 is 0 Å². The molecule has 0 unspecified atom stereocenters. The van der Waals surface area contributed by atoms with Gasteiger partial charge in [-0.3, -0.25) is 0 Å². The number of benzene rings is 4. The molecule has 0 bridgehead atoms. The molecule has 0 saturated carbocycles. The Morgan fingerprint density at radius 3 is 2.27 bits per heavy atom. The molecule has 3 aromatic heterocycles. The van der Waals surface area contributed by atoms with Crippen LogP contribution in [0, 0.1) is 12.1 Å². The number of pyridine rings is 2. The Bertz CT molecular complexity index is 1850. The smallest absolute Gasteiger partial charge is 0.141 e. The maximum atomic E-state index is 6.16. The van der Waals surface area contributed by atoms with E-state index in [-0.39, 0.29) is 20.1 Å². The Hall–Kier alpha value is -4.37. The van der Waals surface area contributed by atoms with Crippen LogP contribution in [0.2, 0.25) is 0 Å². The van der Waals surface area contributed by atoms with Gasteiger partial charge in [0.1, 0.15) is 11.2 Å². The van der Waals surface area contributed by atoms with Gasteiger partial charge in [0, 0.05) is 48.3 Å². The zero-order valence-corrected chi connectivity index (χ0v) is 24.4. The van der Waals surface area contributed by atoms with Crippen LogP contribution in [0.4, 0.5) is 0 Å². The van der Waals surface area contributed by atoms with Gasteiger partial charge in [-0.15, -0.1) is 65.7 Å². The molecule has 197 valence electrons. The van der Waals surface area contributed by atoms with Crippen molar-refractivity contribution in [2.24, 2.45) is 0 Å². The van der Waals surface area contributed by atoms with Crippen molar-refractivity contribution in [3.8, 4) is 33.6 Å². The van der Waals surface area contributed by atoms with Crippen LogP contribution in [0.1, 0.15) is 12.6 Å². The maximum Gasteiger partial charge on any atom is 0.141 e. The molecule has 7 rings (SSSR count). The SMILES string of the molecule is CCc1cccc(-c2[c-]cccc2)n1.[Ir].[c-]1ccc(-c2cccc3c2oc2ccccc23)cc1-c1ccccn1. The van der Waals surface area contributed by atoms with Gasteiger partial charge in [-0.25, -0.2) is 0 Å². The Balaban J connectivity index is 0.000000184. The molecule has 3 nitrogen and oxygen atoms in total. The van der Waals surface area contributed by atoms with E-state index in [4.69, 9.17) is 4.42 Å². The van der Waals surface area contributed by atoms with Gasteiger partial charge < -0.3 is 14.4 Å². The molecule has 0 atom stereocenters. The fraction of sp³-hybridized carbons (Fsp3) is 0.0556. The van der Waals surface area contributed by atoms with Crippen molar-refractivity contribution in [3.05, 3.63) is 145 Å². The first-order chi connectivity index (χ1) is 19.3. The summed E-state index contributed by atoms with van der Waals surface area (Å²) in [6.45, 7) is 2.11. The zero-order chi connectivity index (χ0) is 26.4. The number of nitrogens with zero attached hydrogens (tertiary/aromatic N) is 2. The largest absolute Gasteiger partial charge is 0.455 e. The van der Waals surface area contributed by atoms with Gasteiger partial charge in [-0.2, -0.15) is 0 Å². The van der Waals surface area contributed by atoms with E-state index < -0.39 is 0 Å². The average molecular weight is 695 g/mol. The van der Waals surface area contributed by atoms with Crippen LogP contribution in [0.25, 0.3) is 55.6 Å². The van der Waals surface area contributed by atoms with Crippen LogP contribution >= 0.6 is 0 Å². The normalized spacial score (nSPS) is 10.5. The average Bonchev–Trinajstić information content (AvgIpc) is 3.41. The number of hydrogen-bond donors (Lipinski definition) is 0. The number of fused-ring (bicyclic) bond motifs is 3. The van der Waals surface area contributed by atoms with Gasteiger partial charge in [0.05, 0.1) is 0 Å². The quantitative estimate of drug-likeness (QED) is 0.173. The summed E-state index contributed by atoms with van der Waals surface area (Å²) in [6, 6.07) is 46.9. The molecule has 40 heavy (non-hydrogen) atoms. The summed E-state index contributed by atoms with van der Waals surface area (Å²) in [7, 11) is 0. The molecule has 0 aliphatic carbocycles. The third kappa shape index (κ3) is 5.79. The molecule has 4 heteroatoms. The third-order valence-electron chi connectivity index (χ3n) is 6.61. The zero-order valence-electron chi connectivity index (χ0n) is 22.0. The number of para-hydroxylation sites is 2. The molecular weight excluding hydrogens is 669 g/mol. The molecule has 0 saturated heterocycles. The van der Waals surface area contributed by atoms with Crippen molar-refractivity contribution < 1.29 is 24.5 Å². The first-order valence-electron chi connectivity index (χ1n) is 13.1. The number of rotatable bonds is 4. The predicted octanol–water partition coefficient (Wildman–Crippen LogP) is 9.22. The summed E-state index contributed by atoms with van der Waals surface area (Å²) < 4.78 is 6.16. The molecule has 3 heterocycles. The van der Waals surface area contributed by atoms with Crippen molar-refractivity contribution >= 4 is 21.9 Å². The molecule has 0 N–H and O–H groups in total. The summed E-state index contributed by atoms with van der Waals surface area (Å²) in [5.74, 6) is 0. The van der Waals surface area contributed by atoms with Crippen LogP contribution in [0.15, 0.2) is 132 Å². The molecular formula is C36H26IrN2O-2. The molecule has 0 aliphatic rings. The second-order valence-electron chi connectivity index (χ2n) is 9.13. The van der Waals surface area contributed by atoms with Gasteiger partial charge in [0.2, 0.25) is 0 Å². The van der Waals surface area contributed by atoms with E-state index in [1.807, 2.05) is 84.9 Å². The summed E-state index contributed by atoms with van der Waals surface area (Å²) in [5.41, 5.74) is 9.10. The van der Waals surface area contributed by atoms with E-state index in [1.54, 1.807) is 6.20 Å². The van der Waals surface area contributed by atoms with Gasteiger partial charge in [-0.05, 0) is 36.0 Å². The minimum absolute atomic E-state index is 0. The predicted molar refractivity (Wildman–Crippen MR) is 159 cm³/mol. The standard InChI is InChI=1S/C23H14NO.C13H12N.Ir/c1-2-13-22-19(9-1)20-11-6-10-18(23(20)25-22)16-7-5-8-17(15-16)21-12-3-4-14-24-21;1-2-12-9-6-10-13(14-12)11-7-4-3-5-8-11;/h1-7,9-15H;3-7,9-10H,2H2,1H3;/q2*-1;. The van der Waals surface area contributed by atoms with Crippen LogP contribution in [0.5, 0.6) is 0 Å². The Morgan fingerprint density at radius 1 is 0.675 bits per heavy atom. The maximum absolute atomic E-state index is 6.16. The minimum atomic E-state index is 0. The summed E-state index contributed by atoms with van der Waals surface area (Å²) in [5, 5.41) is 2.28. The summed E-state index contributed by atoms with van der Waals surface area (Å²) >= 11 is 0. The molecule has 4 aromatic carbocycles. The van der Waals surface area contributed by atoms with Crippen LogP contribution in [0.3, 0.4) is 0 Å². The first kappa shape index (κ1) is 27.2.